The summed E-state index contributed by atoms with van der Waals surface area (Å²) in [5.41, 5.74) is 0. The molecule has 0 saturated carbocycles. The van der Waals surface area contributed by atoms with Gasteiger partial charge in [-0.3, -0.25) is 0 Å². The van der Waals surface area contributed by atoms with E-state index in [1.165, 1.54) is 19.1 Å². The van der Waals surface area contributed by atoms with Crippen LogP contribution in [0.3, 0.4) is 0 Å². The number of halogens is 1. The molecular weight excluding hydrogens is 366 g/mol. The number of rotatable bonds is 5. The highest BCUT2D eigenvalue weighted by molar-refractivity contribution is 7.91. The van der Waals surface area contributed by atoms with Crippen LogP contribution in [0, 0.1) is 6.92 Å². The molecule has 1 atom stereocenters. The van der Waals surface area contributed by atoms with Crippen LogP contribution in [0.1, 0.15) is 24.7 Å². The Balaban J connectivity index is 2.40. The van der Waals surface area contributed by atoms with Crippen LogP contribution >= 0.6 is 11.6 Å². The zero-order chi connectivity index (χ0) is 17.4. The molecule has 0 spiro atoms. The molecule has 1 aromatic heterocycles. The van der Waals surface area contributed by atoms with Gasteiger partial charge < -0.3 is 4.42 Å². The van der Waals surface area contributed by atoms with Crippen molar-refractivity contribution in [2.24, 2.45) is 0 Å². The summed E-state index contributed by atoms with van der Waals surface area (Å²) >= 11 is 5.90. The van der Waals surface area contributed by atoms with Gasteiger partial charge in [0.2, 0.25) is 21.8 Å². The molecule has 1 unspecified atom stereocenters. The molecule has 0 fully saturated rings. The number of hydrogen-bond donors (Lipinski definition) is 1. The van der Waals surface area contributed by atoms with Crippen LogP contribution in [0.25, 0.3) is 0 Å². The zero-order valence-electron chi connectivity index (χ0n) is 12.4. The first-order valence-corrected chi connectivity index (χ1v) is 10.1. The van der Waals surface area contributed by atoms with Crippen LogP contribution in [-0.2, 0) is 19.9 Å². The van der Waals surface area contributed by atoms with Gasteiger partial charge in [0, 0.05) is 13.2 Å². The molecule has 1 N–H and O–H groups in total. The monoisotopic (exact) mass is 379 g/mol. The number of aryl methyl sites for hydroxylation is 1. The van der Waals surface area contributed by atoms with Crippen molar-refractivity contribution in [1.82, 2.24) is 14.9 Å². The lowest BCUT2D eigenvalue weighted by Gasteiger charge is -2.12. The van der Waals surface area contributed by atoms with E-state index in [0.717, 1.165) is 12.3 Å². The van der Waals surface area contributed by atoms with Gasteiger partial charge in [-0.05, 0) is 25.1 Å². The van der Waals surface area contributed by atoms with Gasteiger partial charge >= 0.3 is 0 Å². The van der Waals surface area contributed by atoms with E-state index in [9.17, 15) is 16.8 Å². The normalized spacial score (nSPS) is 13.9. The minimum atomic E-state index is -4.09. The third-order valence-corrected chi connectivity index (χ3v) is 6.00. The lowest BCUT2D eigenvalue weighted by atomic mass is 10.4. The van der Waals surface area contributed by atoms with Gasteiger partial charge in [-0.1, -0.05) is 11.6 Å². The SMILES string of the molecule is Cc1nnc(C(C)NS(=O)(=O)c2cc(S(C)(=O)=O)ccc2Cl)o1. The molecular formula is C12H14ClN3O5S2. The summed E-state index contributed by atoms with van der Waals surface area (Å²) in [4.78, 5) is -0.492. The second-order valence-electron chi connectivity index (χ2n) is 4.87. The minimum Gasteiger partial charge on any atom is -0.424 e. The largest absolute Gasteiger partial charge is 0.424 e. The van der Waals surface area contributed by atoms with E-state index in [1.54, 1.807) is 6.92 Å². The average Bonchev–Trinajstić information content (AvgIpc) is 2.84. The molecule has 23 heavy (non-hydrogen) atoms. The van der Waals surface area contributed by atoms with Crippen molar-refractivity contribution in [3.8, 4) is 0 Å². The number of sulfonamides is 1. The van der Waals surface area contributed by atoms with Crippen molar-refractivity contribution in [2.75, 3.05) is 6.26 Å². The van der Waals surface area contributed by atoms with Crippen LogP contribution in [0.15, 0.2) is 32.4 Å². The number of sulfone groups is 1. The van der Waals surface area contributed by atoms with Crippen LogP contribution in [-0.4, -0.2) is 33.3 Å². The number of nitrogens with zero attached hydrogens (tertiary/aromatic N) is 2. The first kappa shape index (κ1) is 17.9. The van der Waals surface area contributed by atoms with Crippen molar-refractivity contribution in [2.45, 2.75) is 29.7 Å². The average molecular weight is 380 g/mol. The van der Waals surface area contributed by atoms with Gasteiger partial charge in [-0.2, -0.15) is 4.72 Å². The summed E-state index contributed by atoms with van der Waals surface area (Å²) < 4.78 is 55.5. The zero-order valence-corrected chi connectivity index (χ0v) is 14.8. The quantitative estimate of drug-likeness (QED) is 0.835. The summed E-state index contributed by atoms with van der Waals surface area (Å²) in [6, 6.07) is 2.65. The highest BCUT2D eigenvalue weighted by Crippen LogP contribution is 2.26. The molecule has 11 heteroatoms. The predicted molar refractivity (Wildman–Crippen MR) is 82.3 cm³/mol. The molecule has 1 heterocycles. The van der Waals surface area contributed by atoms with Gasteiger partial charge in [-0.25, -0.2) is 16.8 Å². The standard InChI is InChI=1S/C12H14ClN3O5S2/c1-7(12-15-14-8(2)21-12)16-23(19,20)11-6-9(22(3,17)18)4-5-10(11)13/h4-7,16H,1-3H3. The van der Waals surface area contributed by atoms with Crippen molar-refractivity contribution in [3.05, 3.63) is 35.0 Å². The Morgan fingerprint density at radius 3 is 2.39 bits per heavy atom. The topological polar surface area (TPSA) is 119 Å². The molecule has 0 aliphatic heterocycles. The molecule has 0 aliphatic carbocycles. The lowest BCUT2D eigenvalue weighted by Crippen LogP contribution is -2.27. The number of hydrogen-bond acceptors (Lipinski definition) is 7. The minimum absolute atomic E-state index is 0.0847. The summed E-state index contributed by atoms with van der Waals surface area (Å²) in [6.45, 7) is 3.09. The fraction of sp³-hybridized carbons (Fsp3) is 0.333. The summed E-state index contributed by atoms with van der Waals surface area (Å²) in [5, 5.41) is 7.25. The van der Waals surface area contributed by atoms with E-state index in [-0.39, 0.29) is 20.7 Å². The Labute approximate surface area is 138 Å². The number of benzene rings is 1. The molecule has 0 bridgehead atoms. The van der Waals surface area contributed by atoms with E-state index >= 15 is 0 Å². The van der Waals surface area contributed by atoms with Crippen LogP contribution in [0.5, 0.6) is 0 Å². The van der Waals surface area contributed by atoms with E-state index in [2.05, 4.69) is 14.9 Å². The third kappa shape index (κ3) is 4.08. The fourth-order valence-electron chi connectivity index (χ4n) is 1.75. The fourth-order valence-corrected chi connectivity index (χ4v) is 4.20. The molecule has 2 aromatic rings. The first-order valence-electron chi connectivity index (χ1n) is 6.32. The summed E-state index contributed by atoms with van der Waals surface area (Å²) in [6.07, 6.45) is 0.976. The van der Waals surface area contributed by atoms with E-state index in [0.29, 0.717) is 5.89 Å². The maximum absolute atomic E-state index is 12.4. The van der Waals surface area contributed by atoms with Gasteiger partial charge in [-0.15, -0.1) is 10.2 Å². The maximum atomic E-state index is 12.4. The molecule has 0 saturated heterocycles. The molecule has 8 nitrogen and oxygen atoms in total. The Hall–Kier alpha value is -1.49. The van der Waals surface area contributed by atoms with Gasteiger partial charge in [0.05, 0.1) is 16.0 Å². The van der Waals surface area contributed by atoms with Crippen molar-refractivity contribution in [3.63, 3.8) is 0 Å². The highest BCUT2D eigenvalue weighted by atomic mass is 35.5. The van der Waals surface area contributed by atoms with E-state index in [1.807, 2.05) is 0 Å². The Kier molecular flexibility index (Phi) is 4.81. The smallest absolute Gasteiger partial charge is 0.242 e. The molecule has 1 aromatic carbocycles. The Morgan fingerprint density at radius 1 is 1.22 bits per heavy atom. The summed E-state index contributed by atoms with van der Waals surface area (Å²) in [5.74, 6) is 0.379. The van der Waals surface area contributed by atoms with Crippen molar-refractivity contribution in [1.29, 1.82) is 0 Å². The Bertz CT molecular complexity index is 937. The van der Waals surface area contributed by atoms with Crippen molar-refractivity contribution < 1.29 is 21.3 Å². The molecule has 0 radical (unpaired) electrons. The van der Waals surface area contributed by atoms with Crippen LogP contribution in [0.2, 0.25) is 5.02 Å². The second kappa shape index (κ2) is 6.19. The molecule has 2 rings (SSSR count). The van der Waals surface area contributed by atoms with Gasteiger partial charge in [0.15, 0.2) is 9.84 Å². The predicted octanol–water partition coefficient (Wildman–Crippen LogP) is 1.47. The molecule has 126 valence electrons. The summed E-state index contributed by atoms with van der Waals surface area (Å²) in [7, 11) is -7.66. The van der Waals surface area contributed by atoms with Gasteiger partial charge in [0.25, 0.3) is 0 Å². The first-order chi connectivity index (χ1) is 10.5. The van der Waals surface area contributed by atoms with E-state index in [4.69, 9.17) is 16.0 Å². The van der Waals surface area contributed by atoms with Crippen molar-refractivity contribution >= 4 is 31.5 Å². The molecule has 0 aliphatic rings. The third-order valence-electron chi connectivity index (χ3n) is 2.86. The Morgan fingerprint density at radius 2 is 1.87 bits per heavy atom. The second-order valence-corrected chi connectivity index (χ2v) is 8.97. The number of nitrogens with one attached hydrogen (secondary N) is 1. The van der Waals surface area contributed by atoms with Gasteiger partial charge in [0.1, 0.15) is 4.90 Å². The number of aromatic nitrogens is 2. The van der Waals surface area contributed by atoms with Crippen LogP contribution in [0.4, 0.5) is 0 Å². The van der Waals surface area contributed by atoms with Crippen LogP contribution < -0.4 is 4.72 Å². The lowest BCUT2D eigenvalue weighted by molar-refractivity contribution is 0.426. The van der Waals surface area contributed by atoms with E-state index < -0.39 is 25.9 Å². The molecule has 0 amide bonds. The highest BCUT2D eigenvalue weighted by Gasteiger charge is 2.25. The maximum Gasteiger partial charge on any atom is 0.242 e.